The van der Waals surface area contributed by atoms with Crippen LogP contribution in [0.3, 0.4) is 0 Å². The Bertz CT molecular complexity index is 408. The van der Waals surface area contributed by atoms with Gasteiger partial charge in [-0.3, -0.25) is 5.32 Å². The Morgan fingerprint density at radius 3 is 2.40 bits per heavy atom. The molecule has 0 aliphatic carbocycles. The van der Waals surface area contributed by atoms with Crippen LogP contribution in [-0.4, -0.2) is 44.2 Å². The summed E-state index contributed by atoms with van der Waals surface area (Å²) < 4.78 is 5.33. The largest absolute Gasteiger partial charge is 0.464 e. The summed E-state index contributed by atoms with van der Waals surface area (Å²) in [6, 6.07) is 9.81. The molecule has 0 radical (unpaired) electrons. The van der Waals surface area contributed by atoms with Gasteiger partial charge in [-0.1, -0.05) is 44.2 Å². The van der Waals surface area contributed by atoms with E-state index in [0.29, 0.717) is 19.7 Å². The van der Waals surface area contributed by atoms with Crippen LogP contribution in [0.5, 0.6) is 0 Å². The van der Waals surface area contributed by atoms with Crippen molar-refractivity contribution < 1.29 is 9.53 Å². The summed E-state index contributed by atoms with van der Waals surface area (Å²) in [6.45, 7) is 8.46. The summed E-state index contributed by atoms with van der Waals surface area (Å²) in [5.41, 5.74) is 0.136. The third-order valence-corrected chi connectivity index (χ3v) is 3.42. The first-order chi connectivity index (χ1) is 9.60. The zero-order valence-electron chi connectivity index (χ0n) is 13.0. The molecule has 0 saturated heterocycles. The molecule has 0 heterocycles. The summed E-state index contributed by atoms with van der Waals surface area (Å²) in [5.74, 6) is -0.214. The Morgan fingerprint density at radius 1 is 1.25 bits per heavy atom. The number of nitrogens with one attached hydrogen (secondary N) is 1. The van der Waals surface area contributed by atoms with Gasteiger partial charge in [0.2, 0.25) is 0 Å². The molecule has 4 nitrogen and oxygen atoms in total. The van der Waals surface area contributed by atoms with Crippen molar-refractivity contribution in [2.75, 3.05) is 33.3 Å². The number of hydrogen-bond donors (Lipinski definition) is 1. The molecule has 20 heavy (non-hydrogen) atoms. The molecule has 0 spiro atoms. The van der Waals surface area contributed by atoms with Crippen LogP contribution in [0.1, 0.15) is 26.3 Å². The first kappa shape index (κ1) is 16.7. The summed E-state index contributed by atoms with van der Waals surface area (Å²) in [4.78, 5) is 14.7. The predicted octanol–water partition coefficient (Wildman–Crippen LogP) is 2.01. The number of esters is 1. The Morgan fingerprint density at radius 2 is 1.90 bits per heavy atom. The SMILES string of the molecule is CCNC(CN(C)CC)(C(=O)OCC)c1ccccc1. The van der Waals surface area contributed by atoms with Crippen LogP contribution in [-0.2, 0) is 15.1 Å². The quantitative estimate of drug-likeness (QED) is 0.739. The molecular formula is C16H26N2O2. The van der Waals surface area contributed by atoms with E-state index in [9.17, 15) is 4.79 Å². The molecule has 1 N–H and O–H groups in total. The summed E-state index contributed by atoms with van der Waals surface area (Å²) in [6.07, 6.45) is 0. The van der Waals surface area contributed by atoms with E-state index in [1.807, 2.05) is 51.2 Å². The minimum Gasteiger partial charge on any atom is -0.464 e. The van der Waals surface area contributed by atoms with Crippen LogP contribution >= 0.6 is 0 Å². The van der Waals surface area contributed by atoms with Crippen LogP contribution < -0.4 is 5.32 Å². The van der Waals surface area contributed by atoms with E-state index in [1.165, 1.54) is 0 Å². The topological polar surface area (TPSA) is 41.6 Å². The second-order valence-corrected chi connectivity index (χ2v) is 4.85. The Hall–Kier alpha value is -1.39. The fraction of sp³-hybridized carbons (Fsp3) is 0.562. The average molecular weight is 278 g/mol. The molecule has 0 aliphatic rings. The van der Waals surface area contributed by atoms with Gasteiger partial charge in [-0.05, 0) is 32.6 Å². The summed E-state index contributed by atoms with van der Waals surface area (Å²) in [5, 5.41) is 3.35. The number of rotatable bonds is 8. The lowest BCUT2D eigenvalue weighted by Gasteiger charge is -2.35. The second-order valence-electron chi connectivity index (χ2n) is 4.85. The zero-order valence-corrected chi connectivity index (χ0v) is 13.0. The molecule has 1 rings (SSSR count). The minimum absolute atomic E-state index is 0.214. The Labute approximate surface area is 122 Å². The zero-order chi connectivity index (χ0) is 15.0. The Balaban J connectivity index is 3.22. The van der Waals surface area contributed by atoms with Crippen molar-refractivity contribution >= 4 is 5.97 Å². The van der Waals surface area contributed by atoms with E-state index < -0.39 is 5.54 Å². The van der Waals surface area contributed by atoms with Crippen molar-refractivity contribution in [3.8, 4) is 0 Å². The number of likely N-dealkylation sites (N-methyl/N-ethyl adjacent to an activating group) is 2. The number of benzene rings is 1. The second kappa shape index (κ2) is 8.02. The van der Waals surface area contributed by atoms with Crippen molar-refractivity contribution in [3.63, 3.8) is 0 Å². The van der Waals surface area contributed by atoms with Crippen molar-refractivity contribution in [2.45, 2.75) is 26.3 Å². The molecule has 0 aliphatic heterocycles. The average Bonchev–Trinajstić information content (AvgIpc) is 2.47. The van der Waals surface area contributed by atoms with E-state index in [1.54, 1.807) is 0 Å². The molecular weight excluding hydrogens is 252 g/mol. The monoisotopic (exact) mass is 278 g/mol. The minimum atomic E-state index is -0.809. The van der Waals surface area contributed by atoms with Crippen LogP contribution in [0, 0.1) is 0 Å². The van der Waals surface area contributed by atoms with Crippen molar-refractivity contribution in [1.82, 2.24) is 10.2 Å². The molecule has 1 aromatic carbocycles. The van der Waals surface area contributed by atoms with Gasteiger partial charge in [0.25, 0.3) is 0 Å². The van der Waals surface area contributed by atoms with Gasteiger partial charge in [0.05, 0.1) is 6.61 Å². The lowest BCUT2D eigenvalue weighted by molar-refractivity contribution is -0.152. The van der Waals surface area contributed by atoms with Crippen LogP contribution in [0.2, 0.25) is 0 Å². The van der Waals surface area contributed by atoms with E-state index in [0.717, 1.165) is 12.1 Å². The fourth-order valence-corrected chi connectivity index (χ4v) is 2.30. The van der Waals surface area contributed by atoms with Crippen LogP contribution in [0.25, 0.3) is 0 Å². The summed E-state index contributed by atoms with van der Waals surface area (Å²) >= 11 is 0. The maximum absolute atomic E-state index is 12.6. The van der Waals surface area contributed by atoms with Gasteiger partial charge >= 0.3 is 5.97 Å². The lowest BCUT2D eigenvalue weighted by atomic mass is 9.89. The molecule has 112 valence electrons. The fourth-order valence-electron chi connectivity index (χ4n) is 2.30. The van der Waals surface area contributed by atoms with Crippen molar-refractivity contribution in [3.05, 3.63) is 35.9 Å². The molecule has 1 atom stereocenters. The smallest absolute Gasteiger partial charge is 0.332 e. The molecule has 0 bridgehead atoms. The highest BCUT2D eigenvalue weighted by Crippen LogP contribution is 2.24. The van der Waals surface area contributed by atoms with E-state index in [4.69, 9.17) is 4.74 Å². The standard InChI is InChI=1S/C16H26N2O2/c1-5-17-16(13-18(4)6-2,15(19)20-7-3)14-11-9-8-10-12-14/h8-12,17H,5-7,13H2,1-4H3. The van der Waals surface area contributed by atoms with Gasteiger partial charge in [-0.15, -0.1) is 0 Å². The maximum Gasteiger partial charge on any atom is 0.332 e. The van der Waals surface area contributed by atoms with Gasteiger partial charge in [0, 0.05) is 6.54 Å². The number of carbonyl (C=O) groups is 1. The highest BCUT2D eigenvalue weighted by molar-refractivity contribution is 5.83. The summed E-state index contributed by atoms with van der Waals surface area (Å²) in [7, 11) is 2.01. The van der Waals surface area contributed by atoms with E-state index >= 15 is 0 Å². The first-order valence-electron chi connectivity index (χ1n) is 7.27. The number of nitrogens with zero attached hydrogens (tertiary/aromatic N) is 1. The molecule has 0 fully saturated rings. The molecule has 4 heteroatoms. The van der Waals surface area contributed by atoms with Crippen LogP contribution in [0.4, 0.5) is 0 Å². The predicted molar refractivity (Wildman–Crippen MR) is 81.6 cm³/mol. The molecule has 1 unspecified atom stereocenters. The van der Waals surface area contributed by atoms with Crippen molar-refractivity contribution in [2.24, 2.45) is 0 Å². The molecule has 0 aromatic heterocycles. The van der Waals surface area contributed by atoms with Crippen LogP contribution in [0.15, 0.2) is 30.3 Å². The lowest BCUT2D eigenvalue weighted by Crippen LogP contribution is -2.56. The molecule has 0 saturated carbocycles. The van der Waals surface area contributed by atoms with E-state index in [-0.39, 0.29) is 5.97 Å². The highest BCUT2D eigenvalue weighted by Gasteiger charge is 2.41. The van der Waals surface area contributed by atoms with Gasteiger partial charge in [-0.2, -0.15) is 0 Å². The Kier molecular flexibility index (Phi) is 6.68. The number of hydrogen-bond acceptors (Lipinski definition) is 4. The van der Waals surface area contributed by atoms with Gasteiger partial charge < -0.3 is 9.64 Å². The van der Waals surface area contributed by atoms with Crippen molar-refractivity contribution in [1.29, 1.82) is 0 Å². The third-order valence-electron chi connectivity index (χ3n) is 3.42. The molecule has 0 amide bonds. The first-order valence-corrected chi connectivity index (χ1v) is 7.27. The molecule has 1 aromatic rings. The normalized spacial score (nSPS) is 14.1. The van der Waals surface area contributed by atoms with E-state index in [2.05, 4.69) is 17.1 Å². The maximum atomic E-state index is 12.6. The van der Waals surface area contributed by atoms with Gasteiger partial charge in [0.15, 0.2) is 5.54 Å². The number of ether oxygens (including phenoxy) is 1. The number of carbonyl (C=O) groups excluding carboxylic acids is 1. The van der Waals surface area contributed by atoms with Gasteiger partial charge in [-0.25, -0.2) is 4.79 Å². The third kappa shape index (κ3) is 3.81. The highest BCUT2D eigenvalue weighted by atomic mass is 16.5. The van der Waals surface area contributed by atoms with Gasteiger partial charge in [0.1, 0.15) is 0 Å².